The van der Waals surface area contributed by atoms with Crippen LogP contribution in [0.25, 0.3) is 0 Å². The monoisotopic (exact) mass is 202 g/mol. The molecular weight excluding hydrogens is 188 g/mol. The average molecular weight is 202 g/mol. The molecule has 2 heterocycles. The van der Waals surface area contributed by atoms with E-state index in [1.165, 1.54) is 0 Å². The van der Waals surface area contributed by atoms with Gasteiger partial charge in [0.1, 0.15) is 5.82 Å². The summed E-state index contributed by atoms with van der Waals surface area (Å²) in [5, 5.41) is 3.26. The Hall–Kier alpha value is -1.84. The first kappa shape index (κ1) is 9.71. The molecule has 4 heteroatoms. The van der Waals surface area contributed by atoms with Crippen LogP contribution in [-0.2, 0) is 6.42 Å². The summed E-state index contributed by atoms with van der Waals surface area (Å²) in [6.07, 6.45) is 4.46. The Bertz CT molecular complexity index is 408. The Labute approximate surface area is 88.8 Å². The number of H-pyrrole nitrogens is 1. The van der Waals surface area contributed by atoms with Crippen LogP contribution in [0.2, 0.25) is 0 Å². The largest absolute Gasteiger partial charge is 0.370 e. The predicted molar refractivity (Wildman–Crippen MR) is 59.8 cm³/mol. The number of aromatic amines is 1. The second-order valence-corrected chi connectivity index (χ2v) is 3.42. The summed E-state index contributed by atoms with van der Waals surface area (Å²) in [6.45, 7) is 2.85. The topological polar surface area (TPSA) is 53.6 Å². The van der Waals surface area contributed by atoms with E-state index >= 15 is 0 Å². The molecule has 2 rings (SSSR count). The first-order valence-corrected chi connectivity index (χ1v) is 4.99. The molecule has 0 unspecified atom stereocenters. The lowest BCUT2D eigenvalue weighted by Gasteiger charge is -2.04. The number of nitrogens with one attached hydrogen (secondary N) is 2. The third kappa shape index (κ3) is 2.80. The lowest BCUT2D eigenvalue weighted by atomic mass is 10.3. The number of imidazole rings is 1. The second-order valence-electron chi connectivity index (χ2n) is 3.42. The molecule has 0 radical (unpaired) electrons. The zero-order valence-corrected chi connectivity index (χ0v) is 8.70. The maximum absolute atomic E-state index is 4.36. The van der Waals surface area contributed by atoms with Crippen molar-refractivity contribution in [2.75, 3.05) is 11.9 Å². The Morgan fingerprint density at radius 1 is 1.40 bits per heavy atom. The average Bonchev–Trinajstić information content (AvgIpc) is 2.71. The summed E-state index contributed by atoms with van der Waals surface area (Å²) in [5.74, 6) is 0.925. The summed E-state index contributed by atoms with van der Waals surface area (Å²) in [4.78, 5) is 11.4. The van der Waals surface area contributed by atoms with Crippen molar-refractivity contribution >= 4 is 5.82 Å². The fraction of sp³-hybridized carbons (Fsp3) is 0.273. The van der Waals surface area contributed by atoms with E-state index in [-0.39, 0.29) is 0 Å². The van der Waals surface area contributed by atoms with Gasteiger partial charge >= 0.3 is 0 Å². The molecule has 0 saturated heterocycles. The third-order valence-electron chi connectivity index (χ3n) is 2.14. The highest BCUT2D eigenvalue weighted by Crippen LogP contribution is 2.03. The lowest BCUT2D eigenvalue weighted by molar-refractivity contribution is 0.965. The highest BCUT2D eigenvalue weighted by atomic mass is 15.0. The van der Waals surface area contributed by atoms with Crippen LogP contribution in [-0.4, -0.2) is 21.5 Å². The van der Waals surface area contributed by atoms with Gasteiger partial charge in [-0.2, -0.15) is 0 Å². The summed E-state index contributed by atoms with van der Waals surface area (Å²) in [5.41, 5.74) is 2.16. The molecule has 2 aromatic heterocycles. The number of hydrogen-bond donors (Lipinski definition) is 2. The lowest BCUT2D eigenvalue weighted by Crippen LogP contribution is -2.06. The summed E-state index contributed by atoms with van der Waals surface area (Å²) in [7, 11) is 0. The van der Waals surface area contributed by atoms with Crippen LogP contribution in [0.15, 0.2) is 30.7 Å². The van der Waals surface area contributed by atoms with Gasteiger partial charge in [0.25, 0.3) is 0 Å². The molecule has 0 spiro atoms. The van der Waals surface area contributed by atoms with Crippen molar-refractivity contribution in [3.63, 3.8) is 0 Å². The van der Waals surface area contributed by atoms with E-state index in [1.807, 2.05) is 31.3 Å². The standard InChI is InChI=1S/C11H14N4/c1-9-3-2-4-11(15-9)13-6-5-10-7-12-8-14-10/h2-4,7-8H,5-6H2,1H3,(H,12,14)(H,13,15). The van der Waals surface area contributed by atoms with Crippen LogP contribution in [0.1, 0.15) is 11.4 Å². The smallest absolute Gasteiger partial charge is 0.126 e. The van der Waals surface area contributed by atoms with Crippen molar-refractivity contribution in [1.29, 1.82) is 0 Å². The first-order chi connectivity index (χ1) is 7.34. The Kier molecular flexibility index (Phi) is 2.97. The van der Waals surface area contributed by atoms with E-state index in [4.69, 9.17) is 0 Å². The van der Waals surface area contributed by atoms with Crippen LogP contribution in [0.4, 0.5) is 5.82 Å². The minimum Gasteiger partial charge on any atom is -0.370 e. The quantitative estimate of drug-likeness (QED) is 0.794. The Balaban J connectivity index is 1.83. The molecule has 0 bridgehead atoms. The fourth-order valence-corrected chi connectivity index (χ4v) is 1.39. The molecule has 0 saturated carbocycles. The van der Waals surface area contributed by atoms with Gasteiger partial charge in [0, 0.05) is 30.6 Å². The van der Waals surface area contributed by atoms with Gasteiger partial charge < -0.3 is 10.3 Å². The molecule has 78 valence electrons. The molecule has 15 heavy (non-hydrogen) atoms. The summed E-state index contributed by atoms with van der Waals surface area (Å²) in [6, 6.07) is 5.96. The fourth-order valence-electron chi connectivity index (χ4n) is 1.39. The van der Waals surface area contributed by atoms with Gasteiger partial charge in [-0.05, 0) is 19.1 Å². The summed E-state index contributed by atoms with van der Waals surface area (Å²) < 4.78 is 0. The molecule has 0 aliphatic carbocycles. The van der Waals surface area contributed by atoms with Crippen LogP contribution < -0.4 is 5.32 Å². The number of hydrogen-bond acceptors (Lipinski definition) is 3. The SMILES string of the molecule is Cc1cccc(NCCc2cnc[nH]2)n1. The van der Waals surface area contributed by atoms with Gasteiger partial charge in [-0.1, -0.05) is 6.07 Å². The van der Waals surface area contributed by atoms with Crippen LogP contribution in [0.3, 0.4) is 0 Å². The maximum atomic E-state index is 4.36. The van der Waals surface area contributed by atoms with Crippen molar-refractivity contribution in [3.8, 4) is 0 Å². The van der Waals surface area contributed by atoms with E-state index in [2.05, 4.69) is 20.3 Å². The van der Waals surface area contributed by atoms with Crippen molar-refractivity contribution in [2.24, 2.45) is 0 Å². The maximum Gasteiger partial charge on any atom is 0.126 e. The zero-order valence-electron chi connectivity index (χ0n) is 8.70. The number of aromatic nitrogens is 3. The minimum absolute atomic E-state index is 0.860. The minimum atomic E-state index is 0.860. The van der Waals surface area contributed by atoms with E-state index in [0.29, 0.717) is 0 Å². The third-order valence-corrected chi connectivity index (χ3v) is 2.14. The van der Waals surface area contributed by atoms with Crippen LogP contribution >= 0.6 is 0 Å². The molecule has 2 N–H and O–H groups in total. The number of anilines is 1. The highest BCUT2D eigenvalue weighted by molar-refractivity contribution is 5.35. The van der Waals surface area contributed by atoms with Crippen molar-refractivity contribution in [1.82, 2.24) is 15.0 Å². The van der Waals surface area contributed by atoms with Gasteiger partial charge in [-0.25, -0.2) is 9.97 Å². The summed E-state index contributed by atoms with van der Waals surface area (Å²) >= 11 is 0. The van der Waals surface area contributed by atoms with Gasteiger partial charge in [0.05, 0.1) is 6.33 Å². The predicted octanol–water partition coefficient (Wildman–Crippen LogP) is 1.77. The molecule has 4 nitrogen and oxygen atoms in total. The number of pyridine rings is 1. The van der Waals surface area contributed by atoms with Gasteiger partial charge in [0.15, 0.2) is 0 Å². The van der Waals surface area contributed by atoms with Gasteiger partial charge in [-0.3, -0.25) is 0 Å². The molecule has 2 aromatic rings. The molecule has 0 fully saturated rings. The highest BCUT2D eigenvalue weighted by Gasteiger charge is 1.95. The van der Waals surface area contributed by atoms with E-state index in [9.17, 15) is 0 Å². The Morgan fingerprint density at radius 2 is 2.33 bits per heavy atom. The number of aryl methyl sites for hydroxylation is 1. The van der Waals surface area contributed by atoms with Crippen LogP contribution in [0.5, 0.6) is 0 Å². The molecule has 0 aliphatic rings. The van der Waals surface area contributed by atoms with E-state index in [1.54, 1.807) is 6.33 Å². The normalized spacial score (nSPS) is 10.2. The molecule has 0 atom stereocenters. The molecular formula is C11H14N4. The van der Waals surface area contributed by atoms with Crippen molar-refractivity contribution in [2.45, 2.75) is 13.3 Å². The second kappa shape index (κ2) is 4.59. The van der Waals surface area contributed by atoms with Crippen molar-refractivity contribution < 1.29 is 0 Å². The number of nitrogens with zero attached hydrogens (tertiary/aromatic N) is 2. The first-order valence-electron chi connectivity index (χ1n) is 4.99. The van der Waals surface area contributed by atoms with Crippen LogP contribution in [0, 0.1) is 6.92 Å². The van der Waals surface area contributed by atoms with E-state index < -0.39 is 0 Å². The molecule has 0 amide bonds. The molecule has 0 aliphatic heterocycles. The zero-order chi connectivity index (χ0) is 10.5. The Morgan fingerprint density at radius 3 is 3.07 bits per heavy atom. The number of rotatable bonds is 4. The molecule has 0 aromatic carbocycles. The van der Waals surface area contributed by atoms with Crippen molar-refractivity contribution in [3.05, 3.63) is 42.1 Å². The van der Waals surface area contributed by atoms with Gasteiger partial charge in [0.2, 0.25) is 0 Å². The van der Waals surface area contributed by atoms with Gasteiger partial charge in [-0.15, -0.1) is 0 Å². The van der Waals surface area contributed by atoms with E-state index in [0.717, 1.165) is 30.2 Å².